The van der Waals surface area contributed by atoms with E-state index in [0.717, 1.165) is 18.9 Å². The van der Waals surface area contributed by atoms with E-state index in [-0.39, 0.29) is 0 Å². The number of carbonyl (C=O) groups excluding carboxylic acids is 1. The van der Waals surface area contributed by atoms with E-state index in [4.69, 9.17) is 4.74 Å². The van der Waals surface area contributed by atoms with Crippen molar-refractivity contribution in [1.82, 2.24) is 9.88 Å². The van der Waals surface area contributed by atoms with E-state index in [1.54, 1.807) is 6.07 Å². The maximum Gasteiger partial charge on any atom is 0.413 e. The van der Waals surface area contributed by atoms with Gasteiger partial charge in [-0.05, 0) is 47.0 Å². The monoisotopic (exact) mass is 294 g/mol. The number of nitrogens with zero attached hydrogens (tertiary/aromatic N) is 3. The molecule has 1 rings (SSSR count). The van der Waals surface area contributed by atoms with Gasteiger partial charge in [0, 0.05) is 20.1 Å². The van der Waals surface area contributed by atoms with E-state index in [0.29, 0.717) is 5.82 Å². The number of nitrogens with one attached hydrogen (secondary N) is 1. The molecular formula is C15H26N4O2. The molecule has 0 atom stereocenters. The smallest absolute Gasteiger partial charge is 0.413 e. The summed E-state index contributed by atoms with van der Waals surface area (Å²) in [6.45, 7) is 7.26. The molecule has 1 amide bonds. The van der Waals surface area contributed by atoms with Crippen LogP contribution in [0.1, 0.15) is 20.8 Å². The fraction of sp³-hybridized carbons (Fsp3) is 0.600. The minimum absolute atomic E-state index is 0.485. The number of aromatic nitrogens is 1. The maximum absolute atomic E-state index is 11.7. The standard InChI is InChI=1S/C15H26N4O2/c1-15(2,3)21-14(20)17-12-8-7-9-13(16-12)19(6)11-10-18(4)5/h7-9H,10-11H2,1-6H3,(H,16,17,20). The molecule has 0 spiro atoms. The topological polar surface area (TPSA) is 57.7 Å². The zero-order valence-corrected chi connectivity index (χ0v) is 13.8. The van der Waals surface area contributed by atoms with E-state index in [1.807, 2.05) is 58.9 Å². The number of ether oxygens (including phenoxy) is 1. The van der Waals surface area contributed by atoms with Crippen molar-refractivity contribution in [1.29, 1.82) is 0 Å². The van der Waals surface area contributed by atoms with Crippen molar-refractivity contribution >= 4 is 17.7 Å². The Morgan fingerprint density at radius 3 is 2.48 bits per heavy atom. The van der Waals surface area contributed by atoms with E-state index < -0.39 is 11.7 Å². The Morgan fingerprint density at radius 1 is 1.24 bits per heavy atom. The number of amides is 1. The molecule has 0 aliphatic carbocycles. The van der Waals surface area contributed by atoms with Gasteiger partial charge in [-0.1, -0.05) is 6.07 Å². The third-order valence-corrected chi connectivity index (χ3v) is 2.64. The fourth-order valence-electron chi connectivity index (χ4n) is 1.58. The number of hydrogen-bond donors (Lipinski definition) is 1. The van der Waals surface area contributed by atoms with Gasteiger partial charge < -0.3 is 14.5 Å². The van der Waals surface area contributed by atoms with Gasteiger partial charge >= 0.3 is 6.09 Å². The van der Waals surface area contributed by atoms with Crippen LogP contribution in [-0.2, 0) is 4.74 Å². The average Bonchev–Trinajstić information content (AvgIpc) is 2.33. The largest absolute Gasteiger partial charge is 0.444 e. The number of likely N-dealkylation sites (N-methyl/N-ethyl adjacent to an activating group) is 2. The van der Waals surface area contributed by atoms with Gasteiger partial charge in [0.25, 0.3) is 0 Å². The lowest BCUT2D eigenvalue weighted by molar-refractivity contribution is 0.0635. The molecule has 0 aliphatic rings. The predicted octanol–water partition coefficient (Wildman–Crippen LogP) is 2.43. The van der Waals surface area contributed by atoms with Gasteiger partial charge in [-0.15, -0.1) is 0 Å². The number of carbonyl (C=O) groups is 1. The normalized spacial score (nSPS) is 11.4. The van der Waals surface area contributed by atoms with E-state index in [9.17, 15) is 4.79 Å². The summed E-state index contributed by atoms with van der Waals surface area (Å²) in [5.41, 5.74) is -0.524. The second-order valence-electron chi connectivity index (χ2n) is 6.23. The summed E-state index contributed by atoms with van der Waals surface area (Å²) >= 11 is 0. The van der Waals surface area contributed by atoms with Crippen molar-refractivity contribution in [3.8, 4) is 0 Å². The summed E-state index contributed by atoms with van der Waals surface area (Å²) < 4.78 is 5.21. The Hall–Kier alpha value is -1.82. The third-order valence-electron chi connectivity index (χ3n) is 2.64. The Labute approximate surface area is 127 Å². The Bertz CT molecular complexity index is 469. The zero-order chi connectivity index (χ0) is 16.0. The predicted molar refractivity (Wildman–Crippen MR) is 85.9 cm³/mol. The molecule has 0 unspecified atom stereocenters. The second kappa shape index (κ2) is 7.26. The summed E-state index contributed by atoms with van der Waals surface area (Å²) in [5, 5.41) is 2.65. The van der Waals surface area contributed by atoms with Crippen LogP contribution in [0.15, 0.2) is 18.2 Å². The molecule has 1 aromatic rings. The van der Waals surface area contributed by atoms with Gasteiger partial charge in [0.1, 0.15) is 17.2 Å². The van der Waals surface area contributed by atoms with Crippen LogP contribution in [0.25, 0.3) is 0 Å². The SMILES string of the molecule is CN(C)CCN(C)c1cccc(NC(=O)OC(C)(C)C)n1. The average molecular weight is 294 g/mol. The molecule has 1 heterocycles. The van der Waals surface area contributed by atoms with Crippen molar-refractivity contribution in [3.05, 3.63) is 18.2 Å². The van der Waals surface area contributed by atoms with E-state index in [1.165, 1.54) is 0 Å². The highest BCUT2D eigenvalue weighted by atomic mass is 16.6. The Balaban J connectivity index is 2.65. The number of pyridine rings is 1. The second-order valence-corrected chi connectivity index (χ2v) is 6.23. The summed E-state index contributed by atoms with van der Waals surface area (Å²) in [4.78, 5) is 20.3. The van der Waals surface area contributed by atoms with Crippen molar-refractivity contribution in [2.45, 2.75) is 26.4 Å². The molecular weight excluding hydrogens is 268 g/mol. The first-order chi connectivity index (χ1) is 9.67. The first-order valence-electron chi connectivity index (χ1n) is 7.00. The van der Waals surface area contributed by atoms with Gasteiger partial charge in [0.2, 0.25) is 0 Å². The van der Waals surface area contributed by atoms with Gasteiger partial charge in [-0.3, -0.25) is 5.32 Å². The van der Waals surface area contributed by atoms with E-state index >= 15 is 0 Å². The van der Waals surface area contributed by atoms with Gasteiger partial charge in [-0.25, -0.2) is 9.78 Å². The molecule has 0 fully saturated rings. The quantitative estimate of drug-likeness (QED) is 0.904. The third kappa shape index (κ3) is 6.94. The molecule has 6 heteroatoms. The highest BCUT2D eigenvalue weighted by Crippen LogP contribution is 2.14. The summed E-state index contributed by atoms with van der Waals surface area (Å²) in [7, 11) is 6.03. The molecule has 6 nitrogen and oxygen atoms in total. The zero-order valence-electron chi connectivity index (χ0n) is 13.8. The molecule has 1 aromatic heterocycles. The lowest BCUT2D eigenvalue weighted by atomic mass is 10.2. The van der Waals surface area contributed by atoms with Crippen LogP contribution >= 0.6 is 0 Å². The van der Waals surface area contributed by atoms with Gasteiger partial charge in [0.15, 0.2) is 0 Å². The summed E-state index contributed by atoms with van der Waals surface area (Å²) in [6.07, 6.45) is -0.497. The summed E-state index contributed by atoms with van der Waals surface area (Å²) in [5.74, 6) is 1.30. The van der Waals surface area contributed by atoms with Crippen LogP contribution in [0.2, 0.25) is 0 Å². The highest BCUT2D eigenvalue weighted by molar-refractivity contribution is 5.83. The summed E-state index contributed by atoms with van der Waals surface area (Å²) in [6, 6.07) is 5.52. The van der Waals surface area contributed by atoms with E-state index in [2.05, 4.69) is 15.2 Å². The lowest BCUT2D eigenvalue weighted by Gasteiger charge is -2.22. The van der Waals surface area contributed by atoms with Crippen LogP contribution in [0.3, 0.4) is 0 Å². The van der Waals surface area contributed by atoms with Crippen molar-refractivity contribution < 1.29 is 9.53 Å². The van der Waals surface area contributed by atoms with Crippen LogP contribution in [0, 0.1) is 0 Å². The van der Waals surface area contributed by atoms with Crippen molar-refractivity contribution in [3.63, 3.8) is 0 Å². The first-order valence-corrected chi connectivity index (χ1v) is 7.00. The van der Waals surface area contributed by atoms with Crippen molar-refractivity contribution in [2.24, 2.45) is 0 Å². The van der Waals surface area contributed by atoms with Crippen LogP contribution < -0.4 is 10.2 Å². The van der Waals surface area contributed by atoms with Gasteiger partial charge in [-0.2, -0.15) is 0 Å². The minimum atomic E-state index is -0.524. The Morgan fingerprint density at radius 2 is 1.90 bits per heavy atom. The molecule has 1 N–H and O–H groups in total. The maximum atomic E-state index is 11.7. The molecule has 0 saturated carbocycles. The van der Waals surface area contributed by atoms with Crippen LogP contribution in [0.5, 0.6) is 0 Å². The fourth-order valence-corrected chi connectivity index (χ4v) is 1.58. The molecule has 0 saturated heterocycles. The van der Waals surface area contributed by atoms with Crippen molar-refractivity contribution in [2.75, 3.05) is 44.4 Å². The molecule has 0 radical (unpaired) electrons. The Kier molecular flexibility index (Phi) is 5.96. The molecule has 0 bridgehead atoms. The molecule has 21 heavy (non-hydrogen) atoms. The highest BCUT2D eigenvalue weighted by Gasteiger charge is 2.16. The lowest BCUT2D eigenvalue weighted by Crippen LogP contribution is -2.29. The van der Waals surface area contributed by atoms with Gasteiger partial charge in [0.05, 0.1) is 0 Å². The molecule has 0 aliphatic heterocycles. The number of anilines is 2. The van der Waals surface area contributed by atoms with Crippen LogP contribution in [0.4, 0.5) is 16.4 Å². The first kappa shape index (κ1) is 17.2. The number of hydrogen-bond acceptors (Lipinski definition) is 5. The minimum Gasteiger partial charge on any atom is -0.444 e. The molecule has 118 valence electrons. The number of rotatable bonds is 5. The molecule has 0 aromatic carbocycles. The van der Waals surface area contributed by atoms with Crippen LogP contribution in [-0.4, -0.2) is 55.8 Å².